The number of benzene rings is 2. The van der Waals surface area contributed by atoms with Gasteiger partial charge in [0.15, 0.2) is 0 Å². The molecule has 0 bridgehead atoms. The predicted octanol–water partition coefficient (Wildman–Crippen LogP) is 4.54. The highest BCUT2D eigenvalue weighted by atomic mass is 35.5. The maximum atomic E-state index is 6.41. The summed E-state index contributed by atoms with van der Waals surface area (Å²) in [4.78, 5) is 0. The van der Waals surface area contributed by atoms with Gasteiger partial charge in [0.25, 0.3) is 0 Å². The van der Waals surface area contributed by atoms with Crippen LogP contribution in [-0.2, 0) is 12.0 Å². The van der Waals surface area contributed by atoms with Crippen LogP contribution < -0.4 is 5.73 Å². The van der Waals surface area contributed by atoms with Crippen molar-refractivity contribution in [2.75, 3.05) is 0 Å². The molecule has 0 saturated carbocycles. The van der Waals surface area contributed by atoms with E-state index in [0.29, 0.717) is 0 Å². The molecule has 0 fully saturated rings. The maximum Gasteiger partial charge on any atom is 0.0409 e. The van der Waals surface area contributed by atoms with Crippen LogP contribution in [0.3, 0.4) is 0 Å². The molecule has 0 spiro atoms. The molecule has 2 rings (SSSR count). The van der Waals surface area contributed by atoms with Gasteiger partial charge in [-0.2, -0.15) is 0 Å². The SMILES string of the molecule is CC(N)(CCCc1ccccc1)c1cccc(Cl)c1. The summed E-state index contributed by atoms with van der Waals surface area (Å²) in [6.45, 7) is 2.07. The average molecular weight is 274 g/mol. The van der Waals surface area contributed by atoms with Crippen LogP contribution >= 0.6 is 11.6 Å². The molecule has 1 nitrogen and oxygen atoms in total. The van der Waals surface area contributed by atoms with Crippen LogP contribution in [0.25, 0.3) is 0 Å². The van der Waals surface area contributed by atoms with E-state index in [2.05, 4.69) is 31.2 Å². The van der Waals surface area contributed by atoms with E-state index in [4.69, 9.17) is 17.3 Å². The summed E-state index contributed by atoms with van der Waals surface area (Å²) in [6, 6.07) is 18.4. The summed E-state index contributed by atoms with van der Waals surface area (Å²) in [5.41, 5.74) is 8.56. The number of halogens is 1. The van der Waals surface area contributed by atoms with Gasteiger partial charge in [-0.3, -0.25) is 0 Å². The standard InChI is InChI=1S/C17H20ClN/c1-17(19,15-10-5-11-16(18)13-15)12-6-9-14-7-3-2-4-8-14/h2-5,7-8,10-11,13H,6,9,12,19H2,1H3. The minimum Gasteiger partial charge on any atom is -0.322 e. The van der Waals surface area contributed by atoms with Crippen molar-refractivity contribution in [2.45, 2.75) is 31.7 Å². The van der Waals surface area contributed by atoms with Crippen molar-refractivity contribution in [3.8, 4) is 0 Å². The monoisotopic (exact) mass is 273 g/mol. The molecule has 2 heteroatoms. The first-order valence-corrected chi connectivity index (χ1v) is 7.04. The Morgan fingerprint density at radius 1 is 1.05 bits per heavy atom. The Morgan fingerprint density at radius 2 is 1.79 bits per heavy atom. The van der Waals surface area contributed by atoms with E-state index < -0.39 is 0 Å². The third-order valence-electron chi connectivity index (χ3n) is 3.49. The van der Waals surface area contributed by atoms with E-state index in [0.717, 1.165) is 29.8 Å². The van der Waals surface area contributed by atoms with Gasteiger partial charge in [0.2, 0.25) is 0 Å². The molecule has 100 valence electrons. The zero-order valence-electron chi connectivity index (χ0n) is 11.3. The lowest BCUT2D eigenvalue weighted by Gasteiger charge is -2.25. The molecule has 0 heterocycles. The summed E-state index contributed by atoms with van der Waals surface area (Å²) in [7, 11) is 0. The normalized spacial score (nSPS) is 14.1. The molecule has 2 aromatic rings. The smallest absolute Gasteiger partial charge is 0.0409 e. The van der Waals surface area contributed by atoms with Crippen molar-refractivity contribution in [2.24, 2.45) is 5.73 Å². The highest BCUT2D eigenvalue weighted by Gasteiger charge is 2.20. The van der Waals surface area contributed by atoms with Crippen LogP contribution in [0, 0.1) is 0 Å². The topological polar surface area (TPSA) is 26.0 Å². The zero-order valence-corrected chi connectivity index (χ0v) is 12.0. The summed E-state index contributed by atoms with van der Waals surface area (Å²) in [5, 5.41) is 0.747. The third-order valence-corrected chi connectivity index (χ3v) is 3.72. The molecular formula is C17H20ClN. The van der Waals surface area contributed by atoms with Crippen molar-refractivity contribution >= 4 is 11.6 Å². The second kappa shape index (κ2) is 6.23. The summed E-state index contributed by atoms with van der Waals surface area (Å²) >= 11 is 6.03. The molecule has 19 heavy (non-hydrogen) atoms. The first-order chi connectivity index (χ1) is 9.08. The number of hydrogen-bond donors (Lipinski definition) is 1. The number of aryl methyl sites for hydroxylation is 1. The fraction of sp³-hybridized carbons (Fsp3) is 0.294. The largest absolute Gasteiger partial charge is 0.322 e. The van der Waals surface area contributed by atoms with Crippen molar-refractivity contribution in [1.82, 2.24) is 0 Å². The quantitative estimate of drug-likeness (QED) is 0.851. The Hall–Kier alpha value is -1.31. The first-order valence-electron chi connectivity index (χ1n) is 6.67. The van der Waals surface area contributed by atoms with Crippen molar-refractivity contribution in [3.05, 3.63) is 70.7 Å². The molecule has 0 radical (unpaired) electrons. The molecule has 0 aliphatic heterocycles. The Kier molecular flexibility index (Phi) is 4.62. The second-order valence-corrected chi connectivity index (χ2v) is 5.70. The van der Waals surface area contributed by atoms with Crippen molar-refractivity contribution < 1.29 is 0 Å². The van der Waals surface area contributed by atoms with E-state index in [9.17, 15) is 0 Å². The lowest BCUT2D eigenvalue weighted by Crippen LogP contribution is -2.33. The van der Waals surface area contributed by atoms with Crippen LogP contribution in [0.1, 0.15) is 30.9 Å². The van der Waals surface area contributed by atoms with Gasteiger partial charge in [-0.25, -0.2) is 0 Å². The minimum atomic E-state index is -0.320. The third kappa shape index (κ3) is 4.09. The number of nitrogens with two attached hydrogens (primary N) is 1. The molecule has 0 saturated heterocycles. The number of hydrogen-bond acceptors (Lipinski definition) is 1. The summed E-state index contributed by atoms with van der Waals surface area (Å²) in [6.07, 6.45) is 3.08. The van der Waals surface area contributed by atoms with Gasteiger partial charge in [0, 0.05) is 10.6 Å². The second-order valence-electron chi connectivity index (χ2n) is 5.27. The minimum absolute atomic E-state index is 0.320. The van der Waals surface area contributed by atoms with E-state index in [1.54, 1.807) is 0 Å². The average Bonchev–Trinajstić information content (AvgIpc) is 2.40. The Bertz CT molecular complexity index is 520. The van der Waals surface area contributed by atoms with Gasteiger partial charge in [-0.15, -0.1) is 0 Å². The van der Waals surface area contributed by atoms with Gasteiger partial charge >= 0.3 is 0 Å². The summed E-state index contributed by atoms with van der Waals surface area (Å²) in [5.74, 6) is 0. The van der Waals surface area contributed by atoms with Crippen molar-refractivity contribution in [3.63, 3.8) is 0 Å². The number of rotatable bonds is 5. The van der Waals surface area contributed by atoms with Gasteiger partial charge < -0.3 is 5.73 Å². The molecule has 0 aromatic heterocycles. The van der Waals surface area contributed by atoms with Crippen molar-refractivity contribution in [1.29, 1.82) is 0 Å². The highest BCUT2D eigenvalue weighted by Crippen LogP contribution is 2.26. The molecule has 2 N–H and O–H groups in total. The molecule has 0 amide bonds. The first kappa shape index (κ1) is 14.1. The van der Waals surface area contributed by atoms with E-state index in [1.165, 1.54) is 5.56 Å². The Balaban J connectivity index is 1.94. The van der Waals surface area contributed by atoms with E-state index >= 15 is 0 Å². The maximum absolute atomic E-state index is 6.41. The summed E-state index contributed by atoms with van der Waals surface area (Å²) < 4.78 is 0. The fourth-order valence-corrected chi connectivity index (χ4v) is 2.48. The lowest BCUT2D eigenvalue weighted by atomic mass is 9.87. The molecular weight excluding hydrogens is 254 g/mol. The molecule has 0 aliphatic carbocycles. The molecule has 2 aromatic carbocycles. The van der Waals surface area contributed by atoms with E-state index in [-0.39, 0.29) is 5.54 Å². The molecule has 1 atom stereocenters. The van der Waals surface area contributed by atoms with Gasteiger partial charge in [0.05, 0.1) is 0 Å². The lowest BCUT2D eigenvalue weighted by molar-refractivity contribution is 0.436. The fourth-order valence-electron chi connectivity index (χ4n) is 2.29. The van der Waals surface area contributed by atoms with Crippen LogP contribution in [0.2, 0.25) is 5.02 Å². The Morgan fingerprint density at radius 3 is 2.47 bits per heavy atom. The van der Waals surface area contributed by atoms with Crippen LogP contribution in [-0.4, -0.2) is 0 Å². The Labute approximate surface area is 120 Å². The predicted molar refractivity (Wildman–Crippen MR) is 82.4 cm³/mol. The molecule has 0 aliphatic rings. The van der Waals surface area contributed by atoms with Crippen LogP contribution in [0.15, 0.2) is 54.6 Å². The van der Waals surface area contributed by atoms with Gasteiger partial charge in [-0.05, 0) is 49.4 Å². The van der Waals surface area contributed by atoms with Gasteiger partial charge in [-0.1, -0.05) is 54.1 Å². The molecule has 1 unspecified atom stereocenters. The van der Waals surface area contributed by atoms with E-state index in [1.807, 2.05) is 30.3 Å². The highest BCUT2D eigenvalue weighted by molar-refractivity contribution is 6.30. The van der Waals surface area contributed by atoms with Gasteiger partial charge in [0.1, 0.15) is 0 Å². The van der Waals surface area contributed by atoms with Crippen LogP contribution in [0.5, 0.6) is 0 Å². The zero-order chi connectivity index (χ0) is 13.7. The van der Waals surface area contributed by atoms with Crippen LogP contribution in [0.4, 0.5) is 0 Å².